The molecule has 0 bridgehead atoms. The van der Waals surface area contributed by atoms with E-state index in [2.05, 4.69) is 40.6 Å². The number of thioether (sulfide) groups is 1. The third kappa shape index (κ3) is 12.3. The van der Waals surface area contributed by atoms with Crippen molar-refractivity contribution in [2.75, 3.05) is 30.9 Å². The van der Waals surface area contributed by atoms with Gasteiger partial charge in [-0.2, -0.15) is 0 Å². The highest BCUT2D eigenvalue weighted by Crippen LogP contribution is 2.19. The molecule has 0 unspecified atom stereocenters. The summed E-state index contributed by atoms with van der Waals surface area (Å²) in [6.07, 6.45) is 0. The van der Waals surface area contributed by atoms with Crippen molar-refractivity contribution in [3.8, 4) is 0 Å². The average molecular weight is 600 g/mol. The lowest BCUT2D eigenvalue weighted by Gasteiger charge is -1.98. The summed E-state index contributed by atoms with van der Waals surface area (Å²) in [5, 5.41) is 8.61. The van der Waals surface area contributed by atoms with Gasteiger partial charge in [-0.15, -0.1) is 0 Å². The average Bonchev–Trinajstić information content (AvgIpc) is 3.46. The number of hydrogen-bond acceptors (Lipinski definition) is 8. The number of aromatic amines is 3. The van der Waals surface area contributed by atoms with Gasteiger partial charge in [0.15, 0.2) is 9.93 Å². The van der Waals surface area contributed by atoms with Crippen molar-refractivity contribution in [2.45, 2.75) is 25.9 Å². The molecular formula is C24H31BrN4O5S2. The summed E-state index contributed by atoms with van der Waals surface area (Å²) in [7, 11) is 0. The number of ether oxygens (including phenoxy) is 2. The van der Waals surface area contributed by atoms with Crippen LogP contribution in [0.1, 0.15) is 20.8 Å². The predicted octanol–water partition coefficient (Wildman–Crippen LogP) is 5.39. The van der Waals surface area contributed by atoms with Crippen LogP contribution in [0.3, 0.4) is 0 Å². The summed E-state index contributed by atoms with van der Waals surface area (Å²) < 4.78 is 10.0. The minimum absolute atomic E-state index is 0.206. The molecule has 12 heteroatoms. The van der Waals surface area contributed by atoms with E-state index in [1.54, 1.807) is 20.8 Å². The Morgan fingerprint density at radius 2 is 1.42 bits per heavy atom. The summed E-state index contributed by atoms with van der Waals surface area (Å²) in [5.41, 5.74) is 4.02. The molecule has 0 radical (unpaired) electrons. The maximum atomic E-state index is 11.1. The third-order valence-electron chi connectivity index (χ3n) is 3.84. The first-order valence-electron chi connectivity index (χ1n) is 11.1. The highest BCUT2D eigenvalue weighted by molar-refractivity contribution is 9.09. The van der Waals surface area contributed by atoms with Gasteiger partial charge in [-0.25, -0.2) is 4.98 Å². The van der Waals surface area contributed by atoms with E-state index < -0.39 is 0 Å². The van der Waals surface area contributed by atoms with E-state index in [1.807, 2.05) is 48.5 Å². The molecule has 4 rings (SSSR count). The number of para-hydroxylation sites is 4. The van der Waals surface area contributed by atoms with Crippen LogP contribution in [-0.2, 0) is 19.1 Å². The molecule has 4 N–H and O–H groups in total. The van der Waals surface area contributed by atoms with Crippen LogP contribution in [0.15, 0.2) is 53.7 Å². The van der Waals surface area contributed by atoms with Gasteiger partial charge in [-0.1, -0.05) is 52.0 Å². The summed E-state index contributed by atoms with van der Waals surface area (Å²) in [6, 6.07) is 15.7. The summed E-state index contributed by atoms with van der Waals surface area (Å²) in [6.45, 7) is 6.38. The van der Waals surface area contributed by atoms with E-state index in [-0.39, 0.29) is 24.3 Å². The predicted molar refractivity (Wildman–Crippen MR) is 150 cm³/mol. The Bertz CT molecular complexity index is 1170. The number of benzene rings is 2. The Balaban J connectivity index is 0.000000277. The van der Waals surface area contributed by atoms with Crippen molar-refractivity contribution in [1.29, 1.82) is 0 Å². The molecule has 9 nitrogen and oxygen atoms in total. The SMILES string of the molecule is CCO.CCOC(=O)CBr.CCOC(=O)CSc1nc2ccccc2[nH]1.S=c1[nH]c2ccccc2[nH]1. The van der Waals surface area contributed by atoms with Gasteiger partial charge in [-0.3, -0.25) is 9.59 Å². The van der Waals surface area contributed by atoms with E-state index >= 15 is 0 Å². The monoisotopic (exact) mass is 598 g/mol. The van der Waals surface area contributed by atoms with Gasteiger partial charge in [0.25, 0.3) is 0 Å². The number of carbonyl (C=O) groups is 2. The topological polar surface area (TPSA) is 133 Å². The third-order valence-corrected chi connectivity index (χ3v) is 5.35. The zero-order valence-electron chi connectivity index (χ0n) is 20.4. The second-order valence-electron chi connectivity index (χ2n) is 6.53. The number of nitrogens with one attached hydrogen (secondary N) is 3. The van der Waals surface area contributed by atoms with E-state index in [0.717, 1.165) is 27.2 Å². The Hall–Kier alpha value is -2.67. The number of esters is 2. The number of carbonyl (C=O) groups excluding carboxylic acids is 2. The van der Waals surface area contributed by atoms with E-state index in [1.165, 1.54) is 11.8 Å². The second kappa shape index (κ2) is 18.6. The first-order valence-corrected chi connectivity index (χ1v) is 13.6. The van der Waals surface area contributed by atoms with Crippen LogP contribution in [0.25, 0.3) is 22.1 Å². The van der Waals surface area contributed by atoms with Crippen molar-refractivity contribution in [1.82, 2.24) is 19.9 Å². The lowest BCUT2D eigenvalue weighted by Crippen LogP contribution is -2.06. The van der Waals surface area contributed by atoms with Crippen LogP contribution in [-0.4, -0.2) is 67.9 Å². The molecule has 0 saturated heterocycles. The smallest absolute Gasteiger partial charge is 0.316 e. The van der Waals surface area contributed by atoms with Crippen molar-refractivity contribution < 1.29 is 24.2 Å². The van der Waals surface area contributed by atoms with Gasteiger partial charge >= 0.3 is 11.9 Å². The minimum Gasteiger partial charge on any atom is -0.465 e. The molecular weight excluding hydrogens is 568 g/mol. The zero-order chi connectivity index (χ0) is 26.8. The number of imidazole rings is 2. The van der Waals surface area contributed by atoms with Crippen molar-refractivity contribution in [3.05, 3.63) is 53.3 Å². The van der Waals surface area contributed by atoms with E-state index in [9.17, 15) is 9.59 Å². The number of aliphatic hydroxyl groups is 1. The molecule has 196 valence electrons. The van der Waals surface area contributed by atoms with Gasteiger partial charge in [0.1, 0.15) is 5.33 Å². The minimum atomic E-state index is -0.215. The fourth-order valence-electron chi connectivity index (χ4n) is 2.50. The molecule has 0 atom stereocenters. The number of H-pyrrole nitrogens is 3. The fourth-order valence-corrected chi connectivity index (χ4v) is 3.57. The van der Waals surface area contributed by atoms with Crippen LogP contribution < -0.4 is 0 Å². The van der Waals surface area contributed by atoms with Crippen molar-refractivity contribution in [2.24, 2.45) is 0 Å². The highest BCUT2D eigenvalue weighted by atomic mass is 79.9. The number of hydrogen-bond donors (Lipinski definition) is 4. The molecule has 2 aromatic carbocycles. The summed E-state index contributed by atoms with van der Waals surface area (Å²) >= 11 is 9.20. The van der Waals surface area contributed by atoms with Crippen molar-refractivity contribution >= 4 is 73.9 Å². The Morgan fingerprint density at radius 1 is 0.917 bits per heavy atom. The molecule has 0 aliphatic carbocycles. The molecule has 2 aromatic heterocycles. The normalized spacial score (nSPS) is 9.69. The first-order chi connectivity index (χ1) is 17.4. The lowest BCUT2D eigenvalue weighted by molar-refractivity contribution is -0.140. The molecule has 0 spiro atoms. The van der Waals surface area contributed by atoms with Crippen LogP contribution in [0.4, 0.5) is 0 Å². The van der Waals surface area contributed by atoms with Gasteiger partial charge in [-0.05, 0) is 57.3 Å². The number of alkyl halides is 1. The van der Waals surface area contributed by atoms with Crippen LogP contribution in [0, 0.1) is 4.77 Å². The van der Waals surface area contributed by atoms with Gasteiger partial charge in [0.2, 0.25) is 0 Å². The number of nitrogens with zero attached hydrogens (tertiary/aromatic N) is 1. The molecule has 0 amide bonds. The Morgan fingerprint density at radius 3 is 1.89 bits per heavy atom. The maximum absolute atomic E-state index is 11.1. The molecule has 0 saturated carbocycles. The van der Waals surface area contributed by atoms with Crippen LogP contribution in [0.5, 0.6) is 0 Å². The molecule has 0 fully saturated rings. The molecule has 2 heterocycles. The molecule has 0 aliphatic rings. The first kappa shape index (κ1) is 31.4. The summed E-state index contributed by atoms with van der Waals surface area (Å²) in [5.74, 6) is -0.135. The van der Waals surface area contributed by atoms with Crippen LogP contribution in [0.2, 0.25) is 0 Å². The van der Waals surface area contributed by atoms with Gasteiger partial charge in [0.05, 0.1) is 41.0 Å². The number of fused-ring (bicyclic) bond motifs is 2. The quantitative estimate of drug-likeness (QED) is 0.100. The molecule has 4 aromatic rings. The summed E-state index contributed by atoms with van der Waals surface area (Å²) in [4.78, 5) is 34.8. The largest absolute Gasteiger partial charge is 0.465 e. The second-order valence-corrected chi connectivity index (χ2v) is 8.47. The van der Waals surface area contributed by atoms with E-state index in [0.29, 0.717) is 23.3 Å². The number of rotatable bonds is 6. The Kier molecular flexibility index (Phi) is 16.2. The maximum Gasteiger partial charge on any atom is 0.316 e. The lowest BCUT2D eigenvalue weighted by atomic mass is 10.3. The zero-order valence-corrected chi connectivity index (χ0v) is 23.6. The van der Waals surface area contributed by atoms with Gasteiger partial charge in [0, 0.05) is 6.61 Å². The molecule has 0 aliphatic heterocycles. The number of aliphatic hydroxyl groups excluding tert-OH is 1. The van der Waals surface area contributed by atoms with E-state index in [4.69, 9.17) is 22.1 Å². The van der Waals surface area contributed by atoms with Crippen molar-refractivity contribution in [3.63, 3.8) is 0 Å². The fraction of sp³-hybridized carbons (Fsp3) is 0.333. The molecule has 36 heavy (non-hydrogen) atoms. The number of halogens is 1. The van der Waals surface area contributed by atoms with Gasteiger partial charge < -0.3 is 29.5 Å². The van der Waals surface area contributed by atoms with Crippen LogP contribution >= 0.6 is 39.9 Å². The standard InChI is InChI=1S/C11H12N2O2S.C7H6N2S.C4H7BrO2.C2H6O/c1-2-15-10(14)7-16-11-12-8-5-3-4-6-9(8)13-11;10-7-8-5-3-1-2-4-6(5)9-7;1-2-7-4(6)3-5;1-2-3/h3-6H,2,7H2,1H3,(H,12,13);1-4H,(H2,8,9,10);2-3H2,1H3;3H,2H2,1H3. The highest BCUT2D eigenvalue weighted by Gasteiger charge is 2.06. The number of aromatic nitrogens is 4. The Labute approximate surface area is 227 Å².